The minimum Gasteiger partial charge on any atom is -0.372 e. The minimum atomic E-state index is -0.290. The lowest BCUT2D eigenvalue weighted by Crippen LogP contribution is -2.50. The molecule has 0 spiro atoms. The van der Waals surface area contributed by atoms with E-state index in [2.05, 4.69) is 9.97 Å². The molecule has 5 nitrogen and oxygen atoms in total. The fourth-order valence-electron chi connectivity index (χ4n) is 2.12. The number of carbonyl (C=O) groups is 1. The van der Waals surface area contributed by atoms with Crippen molar-refractivity contribution in [1.29, 1.82) is 0 Å². The van der Waals surface area contributed by atoms with Gasteiger partial charge in [-0.25, -0.2) is 9.97 Å². The van der Waals surface area contributed by atoms with Gasteiger partial charge >= 0.3 is 0 Å². The molecule has 1 amide bonds. The Morgan fingerprint density at radius 1 is 1.47 bits per heavy atom. The monoisotopic (exact) mass is 263 g/mol. The van der Waals surface area contributed by atoms with Gasteiger partial charge in [0.2, 0.25) is 0 Å². The van der Waals surface area contributed by atoms with Crippen LogP contribution >= 0.6 is 0 Å². The van der Waals surface area contributed by atoms with E-state index in [-0.39, 0.29) is 17.4 Å². The van der Waals surface area contributed by atoms with Crippen molar-refractivity contribution in [1.82, 2.24) is 14.9 Å². The summed E-state index contributed by atoms with van der Waals surface area (Å²) >= 11 is 0. The molecule has 1 aliphatic heterocycles. The molecular formula is C14H21N3O2. The van der Waals surface area contributed by atoms with E-state index >= 15 is 0 Å². The summed E-state index contributed by atoms with van der Waals surface area (Å²) in [6, 6.07) is 1.68. The quantitative estimate of drug-likeness (QED) is 0.817. The highest BCUT2D eigenvalue weighted by atomic mass is 16.5. The number of morpholine rings is 1. The van der Waals surface area contributed by atoms with E-state index in [0.717, 1.165) is 0 Å². The molecule has 1 fully saturated rings. The summed E-state index contributed by atoms with van der Waals surface area (Å²) in [7, 11) is 0. The zero-order valence-electron chi connectivity index (χ0n) is 12.0. The summed E-state index contributed by atoms with van der Waals surface area (Å²) in [4.78, 5) is 22.8. The van der Waals surface area contributed by atoms with Gasteiger partial charge in [-0.2, -0.15) is 0 Å². The normalized spacial score (nSPS) is 18.7. The number of hydrogen-bond acceptors (Lipinski definition) is 4. The zero-order valence-corrected chi connectivity index (χ0v) is 12.0. The maximum absolute atomic E-state index is 12.4. The molecule has 2 rings (SSSR count). The van der Waals surface area contributed by atoms with E-state index < -0.39 is 0 Å². The van der Waals surface area contributed by atoms with Crippen molar-refractivity contribution in [3.63, 3.8) is 0 Å². The number of carbonyl (C=O) groups excluding carboxylic acids is 1. The highest BCUT2D eigenvalue weighted by Crippen LogP contribution is 2.18. The van der Waals surface area contributed by atoms with Gasteiger partial charge in [0.05, 0.1) is 12.2 Å². The van der Waals surface area contributed by atoms with Crippen molar-refractivity contribution in [2.45, 2.75) is 39.2 Å². The molecule has 0 radical (unpaired) electrons. The van der Waals surface area contributed by atoms with Crippen molar-refractivity contribution in [3.8, 4) is 0 Å². The van der Waals surface area contributed by atoms with E-state index in [1.165, 1.54) is 0 Å². The molecule has 0 bridgehead atoms. The van der Waals surface area contributed by atoms with Gasteiger partial charge < -0.3 is 9.64 Å². The lowest BCUT2D eigenvalue weighted by atomic mass is 10.1. The molecule has 0 atom stereocenters. The van der Waals surface area contributed by atoms with E-state index in [1.54, 1.807) is 17.2 Å². The fraction of sp³-hybridized carbons (Fsp3) is 0.643. The second-order valence-corrected chi connectivity index (χ2v) is 5.79. The molecule has 5 heteroatoms. The van der Waals surface area contributed by atoms with E-state index in [1.807, 2.05) is 27.7 Å². The van der Waals surface area contributed by atoms with Crippen molar-refractivity contribution in [2.24, 2.45) is 0 Å². The summed E-state index contributed by atoms with van der Waals surface area (Å²) in [5.41, 5.74) is 0.179. The Morgan fingerprint density at radius 2 is 2.21 bits per heavy atom. The third kappa shape index (κ3) is 3.29. The Balaban J connectivity index is 2.17. The van der Waals surface area contributed by atoms with Crippen molar-refractivity contribution < 1.29 is 9.53 Å². The second-order valence-electron chi connectivity index (χ2n) is 5.79. The van der Waals surface area contributed by atoms with Gasteiger partial charge in [0.1, 0.15) is 11.5 Å². The number of amides is 1. The third-order valence-electron chi connectivity index (χ3n) is 3.12. The van der Waals surface area contributed by atoms with Gasteiger partial charge in [0.15, 0.2) is 0 Å². The molecule has 19 heavy (non-hydrogen) atoms. The first kappa shape index (κ1) is 13.9. The largest absolute Gasteiger partial charge is 0.372 e. The lowest BCUT2D eigenvalue weighted by Gasteiger charge is -2.38. The van der Waals surface area contributed by atoms with Gasteiger partial charge in [-0.3, -0.25) is 4.79 Å². The van der Waals surface area contributed by atoms with Crippen LogP contribution in [0.15, 0.2) is 12.3 Å². The van der Waals surface area contributed by atoms with Gasteiger partial charge in [-0.15, -0.1) is 0 Å². The van der Waals surface area contributed by atoms with E-state index in [4.69, 9.17) is 4.74 Å². The maximum atomic E-state index is 12.4. The molecule has 1 saturated heterocycles. The molecule has 0 N–H and O–H groups in total. The SMILES string of the molecule is CC(C)c1nccc(C(=O)N2CCOC(C)(C)C2)n1. The Bertz CT molecular complexity index is 472. The van der Waals surface area contributed by atoms with Gasteiger partial charge in [0, 0.05) is 25.2 Å². The van der Waals surface area contributed by atoms with Crippen LogP contribution in [0.25, 0.3) is 0 Å². The minimum absolute atomic E-state index is 0.0410. The topological polar surface area (TPSA) is 55.3 Å². The van der Waals surface area contributed by atoms with Gasteiger partial charge in [-0.05, 0) is 19.9 Å². The summed E-state index contributed by atoms with van der Waals surface area (Å²) in [5, 5.41) is 0. The predicted octanol–water partition coefficient (Wildman–Crippen LogP) is 1.85. The van der Waals surface area contributed by atoms with Crippen LogP contribution in [-0.2, 0) is 4.74 Å². The Labute approximate surface area is 114 Å². The summed E-state index contributed by atoms with van der Waals surface area (Å²) in [6.07, 6.45) is 1.65. The molecule has 1 aromatic heterocycles. The smallest absolute Gasteiger partial charge is 0.272 e. The average Bonchev–Trinajstić information content (AvgIpc) is 2.37. The van der Waals surface area contributed by atoms with Crippen LogP contribution in [0.1, 0.15) is 49.9 Å². The first-order valence-corrected chi connectivity index (χ1v) is 6.65. The van der Waals surface area contributed by atoms with Crippen LogP contribution in [0.3, 0.4) is 0 Å². The maximum Gasteiger partial charge on any atom is 0.272 e. The first-order chi connectivity index (χ1) is 8.89. The summed E-state index contributed by atoms with van der Waals surface area (Å²) < 4.78 is 5.62. The standard InChI is InChI=1S/C14H21N3O2/c1-10(2)12-15-6-5-11(16-12)13(18)17-7-8-19-14(3,4)9-17/h5-6,10H,7-9H2,1-4H3. The Morgan fingerprint density at radius 3 is 2.84 bits per heavy atom. The zero-order chi connectivity index (χ0) is 14.0. The van der Waals surface area contributed by atoms with Crippen molar-refractivity contribution >= 4 is 5.91 Å². The Kier molecular flexibility index (Phi) is 3.85. The second kappa shape index (κ2) is 5.25. The van der Waals surface area contributed by atoms with E-state index in [0.29, 0.717) is 31.2 Å². The highest BCUT2D eigenvalue weighted by Gasteiger charge is 2.31. The van der Waals surface area contributed by atoms with Gasteiger partial charge in [-0.1, -0.05) is 13.8 Å². The number of hydrogen-bond donors (Lipinski definition) is 0. The number of nitrogens with zero attached hydrogens (tertiary/aromatic N) is 3. The molecule has 0 saturated carbocycles. The van der Waals surface area contributed by atoms with Crippen LogP contribution in [0.5, 0.6) is 0 Å². The first-order valence-electron chi connectivity index (χ1n) is 6.65. The number of rotatable bonds is 2. The van der Waals surface area contributed by atoms with Crippen LogP contribution in [0.2, 0.25) is 0 Å². The summed E-state index contributed by atoms with van der Waals surface area (Å²) in [5.74, 6) is 0.882. The fourth-order valence-corrected chi connectivity index (χ4v) is 2.12. The molecule has 104 valence electrons. The lowest BCUT2D eigenvalue weighted by molar-refractivity contribution is -0.0765. The van der Waals surface area contributed by atoms with Crippen LogP contribution in [-0.4, -0.2) is 46.1 Å². The van der Waals surface area contributed by atoms with Crippen LogP contribution in [0, 0.1) is 0 Å². The molecule has 0 aliphatic carbocycles. The molecule has 0 aromatic carbocycles. The van der Waals surface area contributed by atoms with Gasteiger partial charge in [0.25, 0.3) is 5.91 Å². The van der Waals surface area contributed by atoms with Crippen LogP contribution < -0.4 is 0 Å². The Hall–Kier alpha value is -1.49. The molecule has 0 unspecified atom stereocenters. The van der Waals surface area contributed by atoms with E-state index in [9.17, 15) is 4.79 Å². The molecular weight excluding hydrogens is 242 g/mol. The summed E-state index contributed by atoms with van der Waals surface area (Å²) in [6.45, 7) is 9.79. The number of aromatic nitrogens is 2. The third-order valence-corrected chi connectivity index (χ3v) is 3.12. The average molecular weight is 263 g/mol. The van der Waals surface area contributed by atoms with Crippen molar-refractivity contribution in [2.75, 3.05) is 19.7 Å². The van der Waals surface area contributed by atoms with Crippen LogP contribution in [0.4, 0.5) is 0 Å². The molecule has 1 aliphatic rings. The highest BCUT2D eigenvalue weighted by molar-refractivity contribution is 5.92. The molecule has 2 heterocycles. The predicted molar refractivity (Wildman–Crippen MR) is 72.1 cm³/mol. The number of ether oxygens (including phenoxy) is 1. The molecule has 1 aromatic rings. The van der Waals surface area contributed by atoms with Crippen molar-refractivity contribution in [3.05, 3.63) is 23.8 Å².